The first-order chi connectivity index (χ1) is 14.7. The summed E-state index contributed by atoms with van der Waals surface area (Å²) in [6.45, 7) is 2.63. The molecule has 31 heavy (non-hydrogen) atoms. The molecule has 0 saturated carbocycles. The van der Waals surface area contributed by atoms with Crippen LogP contribution in [0.2, 0.25) is 0 Å². The number of furan rings is 1. The second-order valence-corrected chi connectivity index (χ2v) is 7.65. The molecule has 4 aromatic rings. The number of hydrogen-bond donors (Lipinski definition) is 0. The number of benzene rings is 3. The van der Waals surface area contributed by atoms with Crippen molar-refractivity contribution in [1.82, 2.24) is 4.90 Å². The van der Waals surface area contributed by atoms with Crippen LogP contribution in [-0.2, 0) is 6.54 Å². The minimum atomic E-state index is -0.333. The molecule has 158 valence electrons. The summed E-state index contributed by atoms with van der Waals surface area (Å²) in [6, 6.07) is 21.4. The van der Waals surface area contributed by atoms with E-state index in [0.717, 1.165) is 53.9 Å². The Morgan fingerprint density at radius 2 is 1.61 bits per heavy atom. The van der Waals surface area contributed by atoms with Gasteiger partial charge in [0.15, 0.2) is 0 Å². The fourth-order valence-electron chi connectivity index (χ4n) is 4.10. The monoisotopic (exact) mass is 437 g/mol. The van der Waals surface area contributed by atoms with Crippen LogP contribution in [0, 0.1) is 11.6 Å². The zero-order valence-corrected chi connectivity index (χ0v) is 17.7. The minimum Gasteiger partial charge on any atom is -0.456 e. The summed E-state index contributed by atoms with van der Waals surface area (Å²) in [5, 5.41) is 0.839. The van der Waals surface area contributed by atoms with Crippen LogP contribution < -0.4 is 0 Å². The van der Waals surface area contributed by atoms with Gasteiger partial charge in [-0.15, -0.1) is 12.4 Å². The number of fused-ring (bicyclic) bond motifs is 1. The van der Waals surface area contributed by atoms with Crippen molar-refractivity contribution >= 4 is 28.9 Å². The van der Waals surface area contributed by atoms with Crippen molar-refractivity contribution < 1.29 is 13.2 Å². The molecule has 0 unspecified atom stereocenters. The van der Waals surface area contributed by atoms with Gasteiger partial charge in [0, 0.05) is 36.7 Å². The van der Waals surface area contributed by atoms with Gasteiger partial charge >= 0.3 is 0 Å². The maximum atomic E-state index is 13.8. The quantitative estimate of drug-likeness (QED) is 0.339. The molecular weight excluding hydrogens is 416 g/mol. The Labute approximate surface area is 186 Å². The van der Waals surface area contributed by atoms with Crippen molar-refractivity contribution in [1.29, 1.82) is 0 Å². The Balaban J connectivity index is 0.00000231. The molecule has 0 radical (unpaired) electrons. The number of hydrogen-bond acceptors (Lipinski definition) is 2. The average molecular weight is 438 g/mol. The topological polar surface area (TPSA) is 16.4 Å². The van der Waals surface area contributed by atoms with E-state index in [1.54, 1.807) is 18.2 Å². The van der Waals surface area contributed by atoms with E-state index < -0.39 is 0 Å². The lowest BCUT2D eigenvalue weighted by Crippen LogP contribution is -2.28. The zero-order chi connectivity index (χ0) is 20.5. The molecule has 2 heterocycles. The Kier molecular flexibility index (Phi) is 6.21. The van der Waals surface area contributed by atoms with Gasteiger partial charge in [-0.2, -0.15) is 0 Å². The van der Waals surface area contributed by atoms with Crippen molar-refractivity contribution in [2.45, 2.75) is 13.0 Å². The zero-order valence-electron chi connectivity index (χ0n) is 16.9. The molecule has 1 aliphatic rings. The summed E-state index contributed by atoms with van der Waals surface area (Å²) in [5.74, 6) is 0.134. The average Bonchev–Trinajstić information content (AvgIpc) is 3.14. The van der Waals surface area contributed by atoms with Gasteiger partial charge in [-0.05, 0) is 47.4 Å². The molecule has 0 fully saturated rings. The van der Waals surface area contributed by atoms with Crippen molar-refractivity contribution in [3.63, 3.8) is 0 Å². The maximum Gasteiger partial charge on any atom is 0.138 e. The highest BCUT2D eigenvalue weighted by Crippen LogP contribution is 2.40. The van der Waals surface area contributed by atoms with Crippen LogP contribution in [-0.4, -0.2) is 18.0 Å². The number of rotatable bonds is 4. The third-order valence-corrected chi connectivity index (χ3v) is 5.62. The Hall–Kier alpha value is -2.95. The van der Waals surface area contributed by atoms with Crippen LogP contribution in [0.5, 0.6) is 0 Å². The molecule has 5 rings (SSSR count). The normalized spacial score (nSPS) is 14.3. The highest BCUT2D eigenvalue weighted by Gasteiger charge is 2.22. The van der Waals surface area contributed by atoms with E-state index in [1.165, 1.54) is 29.8 Å². The first kappa shape index (κ1) is 21.3. The molecular formula is C26H22ClF2NO. The fourth-order valence-corrected chi connectivity index (χ4v) is 4.10. The molecule has 0 bridgehead atoms. The predicted octanol–water partition coefficient (Wildman–Crippen LogP) is 7.09. The van der Waals surface area contributed by atoms with Crippen LogP contribution in [0.4, 0.5) is 8.78 Å². The first-order valence-electron chi connectivity index (χ1n) is 10.1. The van der Waals surface area contributed by atoms with Crippen LogP contribution in [0.1, 0.15) is 17.7 Å². The van der Waals surface area contributed by atoms with Gasteiger partial charge in [-0.3, -0.25) is 4.90 Å². The Morgan fingerprint density at radius 1 is 0.871 bits per heavy atom. The summed E-state index contributed by atoms with van der Waals surface area (Å²) >= 11 is 0. The summed E-state index contributed by atoms with van der Waals surface area (Å²) in [4.78, 5) is 2.39. The first-order valence-corrected chi connectivity index (χ1v) is 10.1. The fraction of sp³-hybridized carbons (Fsp3) is 0.154. The van der Waals surface area contributed by atoms with Gasteiger partial charge in [0.05, 0.1) is 0 Å². The molecule has 0 N–H and O–H groups in total. The van der Waals surface area contributed by atoms with Crippen LogP contribution in [0.25, 0.3) is 27.7 Å². The highest BCUT2D eigenvalue weighted by atomic mass is 35.5. The van der Waals surface area contributed by atoms with E-state index in [1.807, 2.05) is 6.07 Å². The molecule has 2 nitrogen and oxygen atoms in total. The van der Waals surface area contributed by atoms with Crippen LogP contribution in [0.3, 0.4) is 0 Å². The van der Waals surface area contributed by atoms with Crippen molar-refractivity contribution in [2.24, 2.45) is 0 Å². The van der Waals surface area contributed by atoms with Gasteiger partial charge in [0.25, 0.3) is 0 Å². The van der Waals surface area contributed by atoms with E-state index in [9.17, 15) is 8.78 Å². The van der Waals surface area contributed by atoms with E-state index in [-0.39, 0.29) is 24.0 Å². The second-order valence-electron chi connectivity index (χ2n) is 7.65. The standard InChI is InChI=1S/C26H21F2NO.ClH/c27-21-8-6-19(7-9-21)25-23-11-10-22(28)16-24(23)30-26(25)20-12-14-29(15-13-20)17-18-4-2-1-3-5-18;/h1-12,16H,13-15,17H2;1H. The SMILES string of the molecule is Cl.Fc1ccc(-c2c(C3=CCN(Cc4ccccc4)CC3)oc3cc(F)ccc23)cc1. The van der Waals surface area contributed by atoms with Crippen molar-refractivity contribution in [3.8, 4) is 11.1 Å². The van der Waals surface area contributed by atoms with E-state index in [2.05, 4.69) is 35.2 Å². The third-order valence-electron chi connectivity index (χ3n) is 5.62. The lowest BCUT2D eigenvalue weighted by Gasteiger charge is -2.26. The summed E-state index contributed by atoms with van der Waals surface area (Å²) in [5.41, 5.74) is 4.67. The minimum absolute atomic E-state index is 0. The third kappa shape index (κ3) is 4.41. The maximum absolute atomic E-state index is 13.8. The summed E-state index contributed by atoms with van der Waals surface area (Å²) in [7, 11) is 0. The Morgan fingerprint density at radius 3 is 2.32 bits per heavy atom. The largest absolute Gasteiger partial charge is 0.456 e. The molecule has 5 heteroatoms. The Bertz CT molecular complexity index is 1220. The smallest absolute Gasteiger partial charge is 0.138 e. The molecule has 1 aromatic heterocycles. The van der Waals surface area contributed by atoms with E-state index in [4.69, 9.17) is 4.42 Å². The van der Waals surface area contributed by atoms with Gasteiger partial charge < -0.3 is 4.42 Å². The van der Waals surface area contributed by atoms with Gasteiger partial charge in [0.1, 0.15) is 23.0 Å². The number of nitrogens with zero attached hydrogens (tertiary/aromatic N) is 1. The molecule has 0 aliphatic carbocycles. The molecule has 1 aliphatic heterocycles. The van der Waals surface area contributed by atoms with Gasteiger partial charge in [0.2, 0.25) is 0 Å². The molecule has 0 amide bonds. The predicted molar refractivity (Wildman–Crippen MR) is 123 cm³/mol. The number of halogens is 3. The van der Waals surface area contributed by atoms with Crippen molar-refractivity contribution in [3.05, 3.63) is 102 Å². The van der Waals surface area contributed by atoms with Gasteiger partial charge in [-0.25, -0.2) is 8.78 Å². The van der Waals surface area contributed by atoms with E-state index in [0.29, 0.717) is 5.58 Å². The lowest BCUT2D eigenvalue weighted by atomic mass is 9.95. The highest BCUT2D eigenvalue weighted by molar-refractivity contribution is 6.00. The lowest BCUT2D eigenvalue weighted by molar-refractivity contribution is 0.293. The van der Waals surface area contributed by atoms with Crippen molar-refractivity contribution in [2.75, 3.05) is 13.1 Å². The van der Waals surface area contributed by atoms with E-state index >= 15 is 0 Å². The van der Waals surface area contributed by atoms with Crippen LogP contribution in [0.15, 0.2) is 83.3 Å². The summed E-state index contributed by atoms with van der Waals surface area (Å²) < 4.78 is 33.4. The molecule has 0 spiro atoms. The second kappa shape index (κ2) is 9.04. The molecule has 0 atom stereocenters. The van der Waals surface area contributed by atoms with Gasteiger partial charge in [-0.1, -0.05) is 48.5 Å². The summed E-state index contributed by atoms with van der Waals surface area (Å²) in [6.07, 6.45) is 3.02. The molecule has 0 saturated heterocycles. The van der Waals surface area contributed by atoms with Crippen LogP contribution >= 0.6 is 12.4 Å². The molecule has 3 aromatic carbocycles.